The first-order valence-corrected chi connectivity index (χ1v) is 6.75. The molecule has 0 saturated carbocycles. The number of carbonyl (C=O) groups is 1. The monoisotopic (exact) mass is 343 g/mol. The molecule has 0 spiro atoms. The zero-order valence-corrected chi connectivity index (χ0v) is 12.3. The minimum Gasteiger partial charge on any atom is -0.322 e. The minimum absolute atomic E-state index is 0.148. The first-order chi connectivity index (χ1) is 10.8. The highest BCUT2D eigenvalue weighted by molar-refractivity contribution is 6.31. The smallest absolute Gasteiger partial charge is 0.322 e. The van der Waals surface area contributed by atoms with Crippen molar-refractivity contribution in [2.75, 3.05) is 5.32 Å². The molecule has 0 fully saturated rings. The fourth-order valence-corrected chi connectivity index (χ4v) is 1.93. The summed E-state index contributed by atoms with van der Waals surface area (Å²) in [7, 11) is 0. The Morgan fingerprint density at radius 2 is 1.87 bits per heavy atom. The number of alkyl halides is 3. The van der Waals surface area contributed by atoms with Crippen molar-refractivity contribution >= 4 is 29.3 Å². The van der Waals surface area contributed by atoms with Gasteiger partial charge in [0.1, 0.15) is 5.82 Å². The van der Waals surface area contributed by atoms with Crippen molar-refractivity contribution in [3.05, 3.63) is 70.5 Å². The van der Waals surface area contributed by atoms with Crippen LogP contribution < -0.4 is 5.32 Å². The van der Waals surface area contributed by atoms with Crippen molar-refractivity contribution in [2.45, 2.75) is 6.18 Å². The zero-order valence-electron chi connectivity index (χ0n) is 11.5. The fourth-order valence-electron chi connectivity index (χ4n) is 1.75. The molecular weight excluding hydrogens is 334 g/mol. The lowest BCUT2D eigenvalue weighted by atomic mass is 10.1. The molecule has 0 aromatic heterocycles. The number of hydrogen-bond donors (Lipinski definition) is 1. The second kappa shape index (κ2) is 6.83. The summed E-state index contributed by atoms with van der Waals surface area (Å²) in [6.07, 6.45) is -2.13. The molecule has 23 heavy (non-hydrogen) atoms. The van der Waals surface area contributed by atoms with Crippen LogP contribution in [0.3, 0.4) is 0 Å². The minimum atomic E-state index is -4.45. The van der Waals surface area contributed by atoms with Crippen LogP contribution in [0.1, 0.15) is 11.1 Å². The molecule has 2 aromatic rings. The first-order valence-electron chi connectivity index (χ1n) is 6.37. The van der Waals surface area contributed by atoms with Crippen molar-refractivity contribution in [1.29, 1.82) is 0 Å². The Kier molecular flexibility index (Phi) is 5.05. The summed E-state index contributed by atoms with van der Waals surface area (Å²) in [5.41, 5.74) is -0.299. The first kappa shape index (κ1) is 17.0. The molecular formula is C16H10ClF4NO. The zero-order chi connectivity index (χ0) is 17.0. The highest BCUT2D eigenvalue weighted by atomic mass is 35.5. The SMILES string of the molecule is O=C(/C=C/c1cccc(C(F)(F)F)c1)Nc1ccc(F)c(Cl)c1. The molecule has 0 saturated heterocycles. The van der Waals surface area contributed by atoms with Crippen molar-refractivity contribution in [2.24, 2.45) is 0 Å². The van der Waals surface area contributed by atoms with Gasteiger partial charge in [0.25, 0.3) is 0 Å². The number of amides is 1. The number of benzene rings is 2. The molecule has 0 aliphatic carbocycles. The Labute approximate surface area is 134 Å². The summed E-state index contributed by atoms with van der Waals surface area (Å²) >= 11 is 5.58. The van der Waals surface area contributed by atoms with Crippen LogP contribution in [0.15, 0.2) is 48.5 Å². The predicted molar refractivity (Wildman–Crippen MR) is 80.5 cm³/mol. The fraction of sp³-hybridized carbons (Fsp3) is 0.0625. The predicted octanol–water partition coefficient (Wildman–Crippen LogP) is 5.15. The maximum Gasteiger partial charge on any atom is 0.416 e. The molecule has 0 radical (unpaired) electrons. The Morgan fingerprint density at radius 3 is 2.52 bits per heavy atom. The average molecular weight is 344 g/mol. The van der Waals surface area contributed by atoms with E-state index in [0.29, 0.717) is 0 Å². The van der Waals surface area contributed by atoms with Crippen LogP contribution in [-0.2, 0) is 11.0 Å². The quantitative estimate of drug-likeness (QED) is 0.606. The van der Waals surface area contributed by atoms with Gasteiger partial charge in [0.05, 0.1) is 10.6 Å². The van der Waals surface area contributed by atoms with Gasteiger partial charge in [-0.2, -0.15) is 13.2 Å². The Morgan fingerprint density at radius 1 is 1.13 bits per heavy atom. The van der Waals surface area contributed by atoms with E-state index in [-0.39, 0.29) is 16.3 Å². The van der Waals surface area contributed by atoms with E-state index in [2.05, 4.69) is 5.32 Å². The molecule has 7 heteroatoms. The van der Waals surface area contributed by atoms with Crippen LogP contribution in [0.2, 0.25) is 5.02 Å². The summed E-state index contributed by atoms with van der Waals surface area (Å²) in [4.78, 5) is 11.7. The largest absolute Gasteiger partial charge is 0.416 e. The number of carbonyl (C=O) groups excluding carboxylic acids is 1. The Balaban J connectivity index is 2.08. The van der Waals surface area contributed by atoms with E-state index in [9.17, 15) is 22.4 Å². The lowest BCUT2D eigenvalue weighted by Gasteiger charge is -2.06. The molecule has 1 N–H and O–H groups in total. The molecule has 0 heterocycles. The number of halogens is 5. The van der Waals surface area contributed by atoms with E-state index in [1.54, 1.807) is 0 Å². The summed E-state index contributed by atoms with van der Waals surface area (Å²) in [6.45, 7) is 0. The number of hydrogen-bond acceptors (Lipinski definition) is 1. The van der Waals surface area contributed by atoms with Crippen molar-refractivity contribution in [1.82, 2.24) is 0 Å². The van der Waals surface area contributed by atoms with Gasteiger partial charge in [-0.3, -0.25) is 4.79 Å². The lowest BCUT2D eigenvalue weighted by molar-refractivity contribution is -0.137. The normalized spacial score (nSPS) is 11.7. The highest BCUT2D eigenvalue weighted by Gasteiger charge is 2.30. The lowest BCUT2D eigenvalue weighted by Crippen LogP contribution is -2.08. The number of anilines is 1. The van der Waals surface area contributed by atoms with Crippen LogP contribution in [0.25, 0.3) is 6.08 Å². The van der Waals surface area contributed by atoms with Gasteiger partial charge in [-0.05, 0) is 42.0 Å². The van der Waals surface area contributed by atoms with Gasteiger partial charge in [0, 0.05) is 11.8 Å². The third kappa shape index (κ3) is 4.82. The third-order valence-electron chi connectivity index (χ3n) is 2.83. The Hall–Kier alpha value is -2.34. The van der Waals surface area contributed by atoms with Gasteiger partial charge in [-0.25, -0.2) is 4.39 Å². The summed E-state index contributed by atoms with van der Waals surface area (Å²) < 4.78 is 50.7. The van der Waals surface area contributed by atoms with Crippen LogP contribution >= 0.6 is 11.6 Å². The van der Waals surface area contributed by atoms with E-state index in [4.69, 9.17) is 11.6 Å². The highest BCUT2D eigenvalue weighted by Crippen LogP contribution is 2.29. The number of nitrogens with one attached hydrogen (secondary N) is 1. The van der Waals surface area contributed by atoms with E-state index < -0.39 is 23.5 Å². The Bertz CT molecular complexity index is 756. The van der Waals surface area contributed by atoms with Gasteiger partial charge in [-0.1, -0.05) is 23.7 Å². The maximum atomic E-state index is 13.0. The summed E-state index contributed by atoms with van der Waals surface area (Å²) in [5.74, 6) is -1.20. The molecule has 0 unspecified atom stereocenters. The molecule has 120 valence electrons. The van der Waals surface area contributed by atoms with Crippen molar-refractivity contribution in [3.63, 3.8) is 0 Å². The van der Waals surface area contributed by atoms with E-state index >= 15 is 0 Å². The van der Waals surface area contributed by atoms with E-state index in [1.807, 2.05) is 0 Å². The van der Waals surface area contributed by atoms with Gasteiger partial charge >= 0.3 is 6.18 Å². The molecule has 2 nitrogen and oxygen atoms in total. The molecule has 0 aliphatic rings. The van der Waals surface area contributed by atoms with Gasteiger partial charge in [0.15, 0.2) is 0 Å². The maximum absolute atomic E-state index is 13.0. The summed E-state index contributed by atoms with van der Waals surface area (Å²) in [5, 5.41) is 2.28. The summed E-state index contributed by atoms with van der Waals surface area (Å²) in [6, 6.07) is 8.20. The van der Waals surface area contributed by atoms with Gasteiger partial charge < -0.3 is 5.32 Å². The standard InChI is InChI=1S/C16H10ClF4NO/c17-13-9-12(5-6-14(13)18)22-15(23)7-4-10-2-1-3-11(8-10)16(19,20)21/h1-9H,(H,22,23)/b7-4+. The second-order valence-electron chi connectivity index (χ2n) is 4.57. The number of rotatable bonds is 3. The van der Waals surface area contributed by atoms with Gasteiger partial charge in [-0.15, -0.1) is 0 Å². The average Bonchev–Trinajstić information content (AvgIpc) is 2.48. The van der Waals surface area contributed by atoms with Crippen LogP contribution in [0.5, 0.6) is 0 Å². The van der Waals surface area contributed by atoms with Crippen LogP contribution in [0, 0.1) is 5.82 Å². The third-order valence-corrected chi connectivity index (χ3v) is 3.12. The molecule has 0 aliphatic heterocycles. The van der Waals surface area contributed by atoms with Gasteiger partial charge in [0.2, 0.25) is 5.91 Å². The molecule has 2 aromatic carbocycles. The second-order valence-corrected chi connectivity index (χ2v) is 4.98. The van der Waals surface area contributed by atoms with Crippen LogP contribution in [-0.4, -0.2) is 5.91 Å². The van der Waals surface area contributed by atoms with Crippen LogP contribution in [0.4, 0.5) is 23.2 Å². The molecule has 1 amide bonds. The molecule has 0 bridgehead atoms. The van der Waals surface area contributed by atoms with E-state index in [0.717, 1.165) is 24.3 Å². The van der Waals surface area contributed by atoms with E-state index in [1.165, 1.54) is 30.3 Å². The molecule has 2 rings (SSSR count). The molecule has 0 atom stereocenters. The van der Waals surface area contributed by atoms with Crippen molar-refractivity contribution < 1.29 is 22.4 Å². The van der Waals surface area contributed by atoms with Crippen molar-refractivity contribution in [3.8, 4) is 0 Å². The topological polar surface area (TPSA) is 29.1 Å².